The second-order valence-electron chi connectivity index (χ2n) is 5.18. The lowest BCUT2D eigenvalue weighted by atomic mass is 10.2. The Hall–Kier alpha value is -0.850. The lowest BCUT2D eigenvalue weighted by molar-refractivity contribution is -0.907. The zero-order valence-corrected chi connectivity index (χ0v) is 12.2. The Kier molecular flexibility index (Phi) is 7.12. The van der Waals surface area contributed by atoms with Crippen molar-refractivity contribution >= 4 is 6.09 Å². The number of hydrogen-bond donors (Lipinski definition) is 2. The summed E-state index contributed by atoms with van der Waals surface area (Å²) in [6, 6.07) is 0. The van der Waals surface area contributed by atoms with Gasteiger partial charge in [-0.1, -0.05) is 0 Å². The molecule has 0 unspecified atom stereocenters. The van der Waals surface area contributed by atoms with E-state index in [4.69, 9.17) is 9.47 Å². The minimum atomic E-state index is -0.438. The highest BCUT2D eigenvalue weighted by Gasteiger charge is 2.25. The zero-order valence-electron chi connectivity index (χ0n) is 12.2. The summed E-state index contributed by atoms with van der Waals surface area (Å²) >= 11 is 0. The SMILES string of the molecule is CCOC(=O)N1CC[NH+](C[C@H](O)COC(C)C)CC1. The molecule has 1 aliphatic rings. The fourth-order valence-electron chi connectivity index (χ4n) is 2.12. The van der Waals surface area contributed by atoms with E-state index in [2.05, 4.69) is 0 Å². The van der Waals surface area contributed by atoms with Crippen molar-refractivity contribution in [2.24, 2.45) is 0 Å². The Bertz CT molecular complexity index is 265. The van der Waals surface area contributed by atoms with Crippen LogP contribution in [0.3, 0.4) is 0 Å². The Labute approximate surface area is 115 Å². The number of carbonyl (C=O) groups is 1. The van der Waals surface area contributed by atoms with Crippen LogP contribution in [-0.4, -0.2) is 74.2 Å². The highest BCUT2D eigenvalue weighted by molar-refractivity contribution is 5.67. The van der Waals surface area contributed by atoms with Crippen LogP contribution in [0.15, 0.2) is 0 Å². The van der Waals surface area contributed by atoms with Crippen LogP contribution < -0.4 is 4.90 Å². The van der Waals surface area contributed by atoms with Gasteiger partial charge in [0.05, 0.1) is 45.5 Å². The Balaban J connectivity index is 2.20. The summed E-state index contributed by atoms with van der Waals surface area (Å²) in [6.07, 6.45) is -0.526. The monoisotopic (exact) mass is 275 g/mol. The summed E-state index contributed by atoms with van der Waals surface area (Å²) < 4.78 is 10.4. The summed E-state index contributed by atoms with van der Waals surface area (Å²) in [6.45, 7) is 10.2. The van der Waals surface area contributed by atoms with Gasteiger partial charge in [0.2, 0.25) is 0 Å². The molecular weight excluding hydrogens is 248 g/mol. The zero-order chi connectivity index (χ0) is 14.3. The molecule has 1 aliphatic heterocycles. The standard InChI is InChI=1S/C13H26N2O4/c1-4-18-13(17)15-7-5-14(6-8-15)9-12(16)10-19-11(2)3/h11-12,16H,4-10H2,1-3H3/p+1/t12-/m0/s1. The first-order valence-electron chi connectivity index (χ1n) is 7.07. The molecule has 0 bridgehead atoms. The molecule has 0 radical (unpaired) electrons. The van der Waals surface area contributed by atoms with Crippen LogP contribution in [0.1, 0.15) is 20.8 Å². The molecule has 1 amide bonds. The first-order chi connectivity index (χ1) is 9.02. The molecule has 112 valence electrons. The lowest BCUT2D eigenvalue weighted by Gasteiger charge is -2.32. The Morgan fingerprint density at radius 3 is 2.53 bits per heavy atom. The van der Waals surface area contributed by atoms with Gasteiger partial charge in [0.15, 0.2) is 0 Å². The molecule has 1 fully saturated rings. The van der Waals surface area contributed by atoms with Gasteiger partial charge in [0, 0.05) is 0 Å². The number of piperazine rings is 1. The van der Waals surface area contributed by atoms with Gasteiger partial charge >= 0.3 is 6.09 Å². The van der Waals surface area contributed by atoms with Crippen molar-refractivity contribution in [2.75, 3.05) is 45.9 Å². The lowest BCUT2D eigenvalue weighted by Crippen LogP contribution is -3.15. The molecule has 0 aromatic heterocycles. The second-order valence-corrected chi connectivity index (χ2v) is 5.18. The molecule has 0 saturated carbocycles. The molecular formula is C13H27N2O4+. The molecule has 1 heterocycles. The van der Waals surface area contributed by atoms with Gasteiger partial charge in [-0.05, 0) is 20.8 Å². The molecule has 19 heavy (non-hydrogen) atoms. The number of ether oxygens (including phenoxy) is 2. The molecule has 1 saturated heterocycles. The largest absolute Gasteiger partial charge is 0.450 e. The maximum Gasteiger partial charge on any atom is 0.410 e. The smallest absolute Gasteiger partial charge is 0.410 e. The number of hydrogen-bond acceptors (Lipinski definition) is 4. The van der Waals surface area contributed by atoms with Gasteiger partial charge in [-0.2, -0.15) is 0 Å². The van der Waals surface area contributed by atoms with Gasteiger partial charge in [-0.25, -0.2) is 4.79 Å². The third-order valence-corrected chi connectivity index (χ3v) is 3.14. The van der Waals surface area contributed by atoms with Crippen molar-refractivity contribution in [3.05, 3.63) is 0 Å². The second kappa shape index (κ2) is 8.35. The Morgan fingerprint density at radius 2 is 2.00 bits per heavy atom. The van der Waals surface area contributed by atoms with Gasteiger partial charge in [0.1, 0.15) is 12.6 Å². The van der Waals surface area contributed by atoms with E-state index in [0.717, 1.165) is 13.1 Å². The van der Waals surface area contributed by atoms with Crippen molar-refractivity contribution in [3.63, 3.8) is 0 Å². The van der Waals surface area contributed by atoms with E-state index in [-0.39, 0.29) is 12.2 Å². The van der Waals surface area contributed by atoms with E-state index in [0.29, 0.717) is 32.8 Å². The average molecular weight is 275 g/mol. The topological polar surface area (TPSA) is 63.4 Å². The predicted octanol–water partition coefficient (Wildman–Crippen LogP) is -0.871. The fourth-order valence-corrected chi connectivity index (χ4v) is 2.12. The first-order valence-corrected chi connectivity index (χ1v) is 7.07. The molecule has 6 heteroatoms. The van der Waals surface area contributed by atoms with Crippen LogP contribution in [0.5, 0.6) is 0 Å². The summed E-state index contributed by atoms with van der Waals surface area (Å²) in [5, 5.41) is 9.86. The molecule has 6 nitrogen and oxygen atoms in total. The fraction of sp³-hybridized carbons (Fsp3) is 0.923. The molecule has 2 N–H and O–H groups in total. The van der Waals surface area contributed by atoms with Gasteiger partial charge in [-0.15, -0.1) is 0 Å². The van der Waals surface area contributed by atoms with E-state index in [1.165, 1.54) is 4.90 Å². The van der Waals surface area contributed by atoms with E-state index >= 15 is 0 Å². The van der Waals surface area contributed by atoms with Crippen LogP contribution in [0.25, 0.3) is 0 Å². The molecule has 0 spiro atoms. The number of amides is 1. The van der Waals surface area contributed by atoms with E-state index in [1.807, 2.05) is 20.8 Å². The number of aliphatic hydroxyl groups excluding tert-OH is 1. The van der Waals surface area contributed by atoms with E-state index in [9.17, 15) is 9.90 Å². The number of aliphatic hydroxyl groups is 1. The molecule has 0 aromatic carbocycles. The maximum atomic E-state index is 11.5. The summed E-state index contributed by atoms with van der Waals surface area (Å²) in [4.78, 5) is 14.6. The van der Waals surface area contributed by atoms with Crippen LogP contribution in [-0.2, 0) is 9.47 Å². The third-order valence-electron chi connectivity index (χ3n) is 3.14. The highest BCUT2D eigenvalue weighted by atomic mass is 16.6. The summed E-state index contributed by atoms with van der Waals surface area (Å²) in [5.74, 6) is 0. The minimum absolute atomic E-state index is 0.144. The molecule has 0 aliphatic carbocycles. The van der Waals surface area contributed by atoms with Gasteiger partial charge < -0.3 is 19.5 Å². The number of nitrogens with one attached hydrogen (secondary N) is 1. The molecule has 1 rings (SSSR count). The first kappa shape index (κ1) is 16.2. The third kappa shape index (κ3) is 6.22. The maximum absolute atomic E-state index is 11.5. The quantitative estimate of drug-likeness (QED) is 0.661. The predicted molar refractivity (Wildman–Crippen MR) is 71.3 cm³/mol. The number of rotatable bonds is 6. The molecule has 1 atom stereocenters. The number of nitrogens with zero attached hydrogens (tertiary/aromatic N) is 1. The number of quaternary nitrogens is 1. The highest BCUT2D eigenvalue weighted by Crippen LogP contribution is 1.95. The van der Waals surface area contributed by atoms with E-state index in [1.54, 1.807) is 4.90 Å². The summed E-state index contributed by atoms with van der Waals surface area (Å²) in [7, 11) is 0. The molecule has 0 aromatic rings. The minimum Gasteiger partial charge on any atom is -0.450 e. The summed E-state index contributed by atoms with van der Waals surface area (Å²) in [5.41, 5.74) is 0. The average Bonchev–Trinajstić information content (AvgIpc) is 2.37. The van der Waals surface area contributed by atoms with E-state index < -0.39 is 6.10 Å². The van der Waals surface area contributed by atoms with Crippen molar-refractivity contribution in [1.82, 2.24) is 4.90 Å². The van der Waals surface area contributed by atoms with Gasteiger partial charge in [-0.3, -0.25) is 4.90 Å². The Morgan fingerprint density at radius 1 is 1.37 bits per heavy atom. The van der Waals surface area contributed by atoms with Crippen LogP contribution >= 0.6 is 0 Å². The number of carbonyl (C=O) groups excluding carboxylic acids is 1. The van der Waals surface area contributed by atoms with Crippen LogP contribution in [0.4, 0.5) is 4.79 Å². The van der Waals surface area contributed by atoms with Crippen molar-refractivity contribution in [1.29, 1.82) is 0 Å². The van der Waals surface area contributed by atoms with Crippen molar-refractivity contribution < 1.29 is 24.3 Å². The van der Waals surface area contributed by atoms with Crippen LogP contribution in [0.2, 0.25) is 0 Å². The van der Waals surface area contributed by atoms with Gasteiger partial charge in [0.25, 0.3) is 0 Å². The normalized spacial score (nSPS) is 18.7. The van der Waals surface area contributed by atoms with Crippen molar-refractivity contribution in [2.45, 2.75) is 33.0 Å². The van der Waals surface area contributed by atoms with Crippen LogP contribution in [0, 0.1) is 0 Å². The van der Waals surface area contributed by atoms with Crippen molar-refractivity contribution in [3.8, 4) is 0 Å².